The van der Waals surface area contributed by atoms with Gasteiger partial charge in [-0.05, 0) is 29.2 Å². The molecule has 164 valence electrons. The molecule has 1 amide bonds. The Labute approximate surface area is 178 Å². The number of ether oxygens (including phenoxy) is 1. The topological polar surface area (TPSA) is 69.0 Å². The van der Waals surface area contributed by atoms with Crippen LogP contribution in [0.5, 0.6) is 5.75 Å². The minimum Gasteiger partial charge on any atom is -0.483 e. The van der Waals surface area contributed by atoms with Gasteiger partial charge < -0.3 is 10.1 Å². The molecular formula is C22H23F3N4O2. The lowest BCUT2D eigenvalue weighted by atomic mass is 10.0. The summed E-state index contributed by atoms with van der Waals surface area (Å²) in [5.74, 6) is 0.710. The van der Waals surface area contributed by atoms with Gasteiger partial charge >= 0.3 is 6.18 Å². The number of alkyl halides is 3. The van der Waals surface area contributed by atoms with Gasteiger partial charge in [0, 0.05) is 12.3 Å². The van der Waals surface area contributed by atoms with E-state index in [-0.39, 0.29) is 18.1 Å². The summed E-state index contributed by atoms with van der Waals surface area (Å²) in [5.41, 5.74) is 2.72. The van der Waals surface area contributed by atoms with Crippen molar-refractivity contribution >= 4 is 11.7 Å². The van der Waals surface area contributed by atoms with E-state index in [4.69, 9.17) is 0 Å². The lowest BCUT2D eigenvalue weighted by Gasteiger charge is -2.09. The Morgan fingerprint density at radius 2 is 1.87 bits per heavy atom. The monoisotopic (exact) mass is 432 g/mol. The minimum absolute atomic E-state index is 0.0379. The molecule has 2 aromatic heterocycles. The van der Waals surface area contributed by atoms with Crippen LogP contribution < -0.4 is 10.1 Å². The summed E-state index contributed by atoms with van der Waals surface area (Å²) >= 11 is 0. The molecule has 1 N–H and O–H groups in total. The van der Waals surface area contributed by atoms with Gasteiger partial charge in [-0.2, -0.15) is 18.3 Å². The molecule has 6 nitrogen and oxygen atoms in total. The van der Waals surface area contributed by atoms with Crippen LogP contribution in [-0.2, 0) is 17.8 Å². The van der Waals surface area contributed by atoms with Crippen LogP contribution in [0.1, 0.15) is 36.6 Å². The van der Waals surface area contributed by atoms with Crippen LogP contribution in [-0.4, -0.2) is 33.5 Å². The number of carbonyl (C=O) groups excluding carboxylic acids is 1. The van der Waals surface area contributed by atoms with E-state index < -0.39 is 12.8 Å². The molecule has 2 heterocycles. The van der Waals surface area contributed by atoms with Crippen LogP contribution in [0.15, 0.2) is 54.9 Å². The maximum atomic E-state index is 12.3. The second kappa shape index (κ2) is 9.63. The number of hydrogen-bond donors (Lipinski definition) is 1. The Morgan fingerprint density at radius 3 is 2.48 bits per heavy atom. The van der Waals surface area contributed by atoms with Crippen molar-refractivity contribution in [1.29, 1.82) is 0 Å². The third kappa shape index (κ3) is 7.13. The molecule has 0 saturated carbocycles. The molecule has 0 bridgehead atoms. The van der Waals surface area contributed by atoms with E-state index in [0.29, 0.717) is 24.0 Å². The van der Waals surface area contributed by atoms with E-state index in [9.17, 15) is 18.0 Å². The normalized spacial score (nSPS) is 11.5. The Hall–Kier alpha value is -3.36. The molecule has 0 saturated heterocycles. The fourth-order valence-corrected chi connectivity index (χ4v) is 2.83. The highest BCUT2D eigenvalue weighted by Gasteiger charge is 2.28. The van der Waals surface area contributed by atoms with Crippen molar-refractivity contribution in [3.63, 3.8) is 0 Å². The molecule has 0 radical (unpaired) electrons. The number of nitrogens with one attached hydrogen (secondary N) is 1. The van der Waals surface area contributed by atoms with Crippen LogP contribution in [0.25, 0.3) is 0 Å². The third-order valence-electron chi connectivity index (χ3n) is 4.44. The number of hydrogen-bond acceptors (Lipinski definition) is 4. The minimum atomic E-state index is -4.40. The first-order chi connectivity index (χ1) is 14.7. The van der Waals surface area contributed by atoms with E-state index in [1.807, 2.05) is 24.3 Å². The fraction of sp³-hybridized carbons (Fsp3) is 0.318. The number of halogens is 3. The maximum absolute atomic E-state index is 12.3. The predicted molar refractivity (Wildman–Crippen MR) is 110 cm³/mol. The van der Waals surface area contributed by atoms with Crippen LogP contribution in [0.3, 0.4) is 0 Å². The first kappa shape index (κ1) is 22.3. The van der Waals surface area contributed by atoms with Crippen molar-refractivity contribution < 1.29 is 22.7 Å². The van der Waals surface area contributed by atoms with Crippen molar-refractivity contribution in [2.24, 2.45) is 0 Å². The van der Waals surface area contributed by atoms with Gasteiger partial charge in [-0.25, -0.2) is 0 Å². The summed E-state index contributed by atoms with van der Waals surface area (Å²) < 4.78 is 42.8. The smallest absolute Gasteiger partial charge is 0.422 e. The maximum Gasteiger partial charge on any atom is 0.422 e. The van der Waals surface area contributed by atoms with Gasteiger partial charge in [-0.1, -0.05) is 38.1 Å². The number of amides is 1. The average Bonchev–Trinajstić information content (AvgIpc) is 3.13. The summed E-state index contributed by atoms with van der Waals surface area (Å²) in [7, 11) is 0. The van der Waals surface area contributed by atoms with Gasteiger partial charge in [0.25, 0.3) is 0 Å². The van der Waals surface area contributed by atoms with Crippen molar-refractivity contribution in [1.82, 2.24) is 14.8 Å². The van der Waals surface area contributed by atoms with Gasteiger partial charge in [-0.15, -0.1) is 0 Å². The first-order valence-electron chi connectivity index (χ1n) is 9.74. The number of pyridine rings is 1. The van der Waals surface area contributed by atoms with Crippen molar-refractivity contribution in [2.75, 3.05) is 11.9 Å². The summed E-state index contributed by atoms with van der Waals surface area (Å²) in [6, 6.07) is 12.6. The second-order valence-electron chi connectivity index (χ2n) is 7.41. The summed E-state index contributed by atoms with van der Waals surface area (Å²) in [6.07, 6.45) is -1.24. The van der Waals surface area contributed by atoms with Crippen LogP contribution in [0.2, 0.25) is 0 Å². The van der Waals surface area contributed by atoms with Crippen molar-refractivity contribution in [3.05, 3.63) is 71.7 Å². The SMILES string of the molecule is CC(C)c1ccc(CC(=O)Nc2ccn(Cc3ccc(OCC(F)(F)F)cn3)n2)cc1. The first-order valence-corrected chi connectivity index (χ1v) is 9.74. The molecule has 0 aliphatic heterocycles. The molecule has 31 heavy (non-hydrogen) atoms. The molecule has 0 aliphatic carbocycles. The zero-order valence-corrected chi connectivity index (χ0v) is 17.2. The van der Waals surface area contributed by atoms with Gasteiger partial charge in [0.2, 0.25) is 5.91 Å². The van der Waals surface area contributed by atoms with Gasteiger partial charge in [0.15, 0.2) is 12.4 Å². The Morgan fingerprint density at radius 1 is 1.13 bits per heavy atom. The number of benzene rings is 1. The molecule has 3 rings (SSSR count). The summed E-state index contributed by atoms with van der Waals surface area (Å²) in [4.78, 5) is 16.4. The van der Waals surface area contributed by atoms with Crippen molar-refractivity contribution in [2.45, 2.75) is 38.9 Å². The Kier molecular flexibility index (Phi) is 6.94. The predicted octanol–water partition coefficient (Wildman–Crippen LogP) is 4.57. The summed E-state index contributed by atoms with van der Waals surface area (Å²) in [5, 5.41) is 7.04. The van der Waals surface area contributed by atoms with E-state index >= 15 is 0 Å². The molecule has 0 unspecified atom stereocenters. The lowest BCUT2D eigenvalue weighted by Crippen LogP contribution is -2.19. The zero-order valence-electron chi connectivity index (χ0n) is 17.2. The second-order valence-corrected chi connectivity index (χ2v) is 7.41. The fourth-order valence-electron chi connectivity index (χ4n) is 2.83. The third-order valence-corrected chi connectivity index (χ3v) is 4.44. The van der Waals surface area contributed by atoms with Gasteiger partial charge in [-0.3, -0.25) is 14.5 Å². The Balaban J connectivity index is 1.51. The summed E-state index contributed by atoms with van der Waals surface area (Å²) in [6.45, 7) is 3.16. The van der Waals surface area contributed by atoms with Crippen LogP contribution >= 0.6 is 0 Å². The number of aromatic nitrogens is 3. The van der Waals surface area contributed by atoms with Gasteiger partial charge in [0.05, 0.1) is 24.9 Å². The van der Waals surface area contributed by atoms with Crippen LogP contribution in [0.4, 0.5) is 19.0 Å². The molecule has 9 heteroatoms. The van der Waals surface area contributed by atoms with Crippen molar-refractivity contribution in [3.8, 4) is 5.75 Å². The standard InChI is InChI=1S/C22H23F3N4O2/c1-15(2)17-5-3-16(4-6-17)11-21(30)27-20-9-10-29(28-20)13-18-7-8-19(12-26-18)31-14-22(23,24)25/h3-10,12,15H,11,13-14H2,1-2H3,(H,27,28,30). The molecule has 0 fully saturated rings. The molecule has 1 aromatic carbocycles. The number of anilines is 1. The van der Waals surface area contributed by atoms with E-state index in [1.165, 1.54) is 17.8 Å². The highest BCUT2D eigenvalue weighted by Crippen LogP contribution is 2.18. The highest BCUT2D eigenvalue weighted by atomic mass is 19.4. The molecule has 0 atom stereocenters. The number of nitrogens with zero attached hydrogens (tertiary/aromatic N) is 3. The largest absolute Gasteiger partial charge is 0.483 e. The van der Waals surface area contributed by atoms with E-state index in [1.54, 1.807) is 23.0 Å². The number of carbonyl (C=O) groups is 1. The highest BCUT2D eigenvalue weighted by molar-refractivity contribution is 5.91. The van der Waals surface area contributed by atoms with E-state index in [2.05, 4.69) is 34.0 Å². The Bertz CT molecular complexity index is 997. The lowest BCUT2D eigenvalue weighted by molar-refractivity contribution is -0.153. The zero-order chi connectivity index (χ0) is 22.4. The quantitative estimate of drug-likeness (QED) is 0.566. The molecule has 3 aromatic rings. The molecule has 0 spiro atoms. The average molecular weight is 432 g/mol. The van der Waals surface area contributed by atoms with E-state index in [0.717, 1.165) is 5.56 Å². The number of rotatable bonds is 8. The van der Waals surface area contributed by atoms with Gasteiger partial charge in [0.1, 0.15) is 5.75 Å². The van der Waals surface area contributed by atoms with Crippen LogP contribution in [0, 0.1) is 0 Å². The molecule has 0 aliphatic rings. The molecular weight excluding hydrogens is 409 g/mol.